The van der Waals surface area contributed by atoms with Gasteiger partial charge < -0.3 is 0 Å². The van der Waals surface area contributed by atoms with Crippen molar-refractivity contribution in [1.82, 2.24) is 0 Å². The van der Waals surface area contributed by atoms with Crippen LogP contribution < -0.4 is 0 Å². The Morgan fingerprint density at radius 2 is 2.00 bits per heavy atom. The van der Waals surface area contributed by atoms with Gasteiger partial charge in [-0.25, -0.2) is 0 Å². The van der Waals surface area contributed by atoms with Crippen LogP contribution in [0.4, 0.5) is 0 Å². The molecule has 0 aliphatic carbocycles. The van der Waals surface area contributed by atoms with E-state index in [0.29, 0.717) is 0 Å². The van der Waals surface area contributed by atoms with Crippen molar-refractivity contribution >= 4 is 15.9 Å². The van der Waals surface area contributed by atoms with Crippen LogP contribution in [0.1, 0.15) is 52.9 Å². The predicted octanol–water partition coefficient (Wildman–Crippen LogP) is 4.93. The van der Waals surface area contributed by atoms with Crippen LogP contribution in [0.2, 0.25) is 0 Å². The summed E-state index contributed by atoms with van der Waals surface area (Å²) in [5, 5.41) is 1.13. The molecule has 0 spiro atoms. The van der Waals surface area contributed by atoms with Gasteiger partial charge in [-0.2, -0.15) is 0 Å². The molecule has 0 aliphatic heterocycles. The Balaban J connectivity index is 3.38. The van der Waals surface area contributed by atoms with Crippen molar-refractivity contribution in [3.8, 4) is 0 Å². The fraction of sp³-hybridized carbons (Fsp3) is 0.833. The molecular formula is C12H23Br. The fourth-order valence-corrected chi connectivity index (χ4v) is 1.64. The quantitative estimate of drug-likeness (QED) is 0.340. The summed E-state index contributed by atoms with van der Waals surface area (Å²) in [5.74, 6) is 0.857. The molecule has 0 aromatic rings. The SMILES string of the molecule is C/C(=C\CCCBr)CCCC(C)C. The molecule has 0 unspecified atom stereocenters. The highest BCUT2D eigenvalue weighted by atomic mass is 79.9. The molecule has 0 heterocycles. The normalized spacial score (nSPS) is 12.5. The zero-order valence-electron chi connectivity index (χ0n) is 9.28. The molecule has 0 nitrogen and oxygen atoms in total. The minimum atomic E-state index is 0.857. The third-order valence-corrected chi connectivity index (χ3v) is 2.74. The van der Waals surface area contributed by atoms with E-state index < -0.39 is 0 Å². The molecule has 0 bridgehead atoms. The van der Waals surface area contributed by atoms with E-state index in [1.807, 2.05) is 0 Å². The van der Waals surface area contributed by atoms with E-state index in [9.17, 15) is 0 Å². The predicted molar refractivity (Wildman–Crippen MR) is 65.5 cm³/mol. The first kappa shape index (κ1) is 13.2. The maximum Gasteiger partial charge on any atom is 0.00342 e. The number of alkyl halides is 1. The molecule has 0 amide bonds. The monoisotopic (exact) mass is 246 g/mol. The second kappa shape index (κ2) is 8.80. The Labute approximate surface area is 91.9 Å². The van der Waals surface area contributed by atoms with Crippen molar-refractivity contribution < 1.29 is 0 Å². The van der Waals surface area contributed by atoms with Crippen molar-refractivity contribution in [2.45, 2.75) is 52.9 Å². The van der Waals surface area contributed by atoms with Crippen LogP contribution in [0.3, 0.4) is 0 Å². The first-order valence-electron chi connectivity index (χ1n) is 5.38. The van der Waals surface area contributed by atoms with Crippen molar-refractivity contribution in [1.29, 1.82) is 0 Å². The average Bonchev–Trinajstić information content (AvgIpc) is 2.04. The summed E-state index contributed by atoms with van der Waals surface area (Å²) in [6.07, 6.45) is 8.90. The molecule has 0 aliphatic rings. The van der Waals surface area contributed by atoms with E-state index in [1.54, 1.807) is 5.57 Å². The van der Waals surface area contributed by atoms with Gasteiger partial charge in [0, 0.05) is 5.33 Å². The third kappa shape index (κ3) is 10.1. The van der Waals surface area contributed by atoms with Gasteiger partial charge in [0.05, 0.1) is 0 Å². The van der Waals surface area contributed by atoms with Gasteiger partial charge in [0.25, 0.3) is 0 Å². The number of allylic oxidation sites excluding steroid dienone is 2. The largest absolute Gasteiger partial charge is 0.0928 e. The molecule has 1 heteroatoms. The van der Waals surface area contributed by atoms with E-state index >= 15 is 0 Å². The van der Waals surface area contributed by atoms with Gasteiger partial charge in [-0.15, -0.1) is 0 Å². The summed E-state index contributed by atoms with van der Waals surface area (Å²) >= 11 is 3.44. The van der Waals surface area contributed by atoms with Crippen LogP contribution in [0.15, 0.2) is 11.6 Å². The zero-order chi connectivity index (χ0) is 10.1. The van der Waals surface area contributed by atoms with Gasteiger partial charge in [0.1, 0.15) is 0 Å². The van der Waals surface area contributed by atoms with Gasteiger partial charge in [-0.1, -0.05) is 47.8 Å². The van der Waals surface area contributed by atoms with Gasteiger partial charge >= 0.3 is 0 Å². The summed E-state index contributed by atoms with van der Waals surface area (Å²) in [4.78, 5) is 0. The Morgan fingerprint density at radius 3 is 2.54 bits per heavy atom. The molecule has 0 N–H and O–H groups in total. The molecule has 0 radical (unpaired) electrons. The maximum absolute atomic E-state index is 3.44. The van der Waals surface area contributed by atoms with Crippen LogP contribution in [0, 0.1) is 5.92 Å². The van der Waals surface area contributed by atoms with Crippen LogP contribution >= 0.6 is 15.9 Å². The van der Waals surface area contributed by atoms with Crippen LogP contribution in [-0.4, -0.2) is 5.33 Å². The van der Waals surface area contributed by atoms with Gasteiger partial charge in [-0.3, -0.25) is 0 Å². The Hall–Kier alpha value is 0.220. The topological polar surface area (TPSA) is 0 Å². The second-order valence-corrected chi connectivity index (χ2v) is 4.96. The molecular weight excluding hydrogens is 224 g/mol. The molecule has 0 aromatic carbocycles. The lowest BCUT2D eigenvalue weighted by atomic mass is 10.0. The smallest absolute Gasteiger partial charge is 0.00342 e. The van der Waals surface area contributed by atoms with Crippen LogP contribution in [0.25, 0.3) is 0 Å². The maximum atomic E-state index is 3.44. The van der Waals surface area contributed by atoms with Crippen molar-refractivity contribution in [2.75, 3.05) is 5.33 Å². The number of rotatable bonds is 7. The summed E-state index contributed by atoms with van der Waals surface area (Å²) in [7, 11) is 0. The Bertz CT molecular complexity index is 136. The van der Waals surface area contributed by atoms with Crippen molar-refractivity contribution in [3.63, 3.8) is 0 Å². The number of hydrogen-bond acceptors (Lipinski definition) is 0. The molecule has 0 aromatic heterocycles. The highest BCUT2D eigenvalue weighted by molar-refractivity contribution is 9.09. The Morgan fingerprint density at radius 1 is 1.31 bits per heavy atom. The van der Waals surface area contributed by atoms with E-state index in [2.05, 4.69) is 42.8 Å². The third-order valence-electron chi connectivity index (χ3n) is 2.18. The summed E-state index contributed by atoms with van der Waals surface area (Å²) < 4.78 is 0. The summed E-state index contributed by atoms with van der Waals surface area (Å²) in [5.41, 5.74) is 1.57. The molecule has 0 fully saturated rings. The lowest BCUT2D eigenvalue weighted by Crippen LogP contribution is -1.87. The highest BCUT2D eigenvalue weighted by Crippen LogP contribution is 2.12. The molecule has 78 valence electrons. The van der Waals surface area contributed by atoms with E-state index in [-0.39, 0.29) is 0 Å². The molecule has 0 saturated heterocycles. The van der Waals surface area contributed by atoms with Crippen molar-refractivity contribution in [2.24, 2.45) is 5.92 Å². The standard InChI is InChI=1S/C12H23Br/c1-11(2)7-6-9-12(3)8-4-5-10-13/h8,11H,4-7,9-10H2,1-3H3/b12-8+. The van der Waals surface area contributed by atoms with E-state index in [0.717, 1.165) is 11.2 Å². The number of halogens is 1. The van der Waals surface area contributed by atoms with Gasteiger partial charge in [0.15, 0.2) is 0 Å². The molecule has 13 heavy (non-hydrogen) atoms. The summed E-state index contributed by atoms with van der Waals surface area (Å²) in [6.45, 7) is 6.85. The zero-order valence-corrected chi connectivity index (χ0v) is 10.9. The second-order valence-electron chi connectivity index (χ2n) is 4.17. The first-order valence-corrected chi connectivity index (χ1v) is 6.50. The van der Waals surface area contributed by atoms with Crippen molar-refractivity contribution in [3.05, 3.63) is 11.6 Å². The first-order chi connectivity index (χ1) is 6.16. The lowest BCUT2D eigenvalue weighted by molar-refractivity contribution is 0.554. The van der Waals surface area contributed by atoms with Crippen LogP contribution in [-0.2, 0) is 0 Å². The highest BCUT2D eigenvalue weighted by Gasteiger charge is 1.94. The molecule has 0 rings (SSSR count). The van der Waals surface area contributed by atoms with Gasteiger partial charge in [0.2, 0.25) is 0 Å². The lowest BCUT2D eigenvalue weighted by Gasteiger charge is -2.04. The minimum Gasteiger partial charge on any atom is -0.0928 e. The minimum absolute atomic E-state index is 0.857. The molecule has 0 saturated carbocycles. The van der Waals surface area contributed by atoms with E-state index in [1.165, 1.54) is 32.1 Å². The van der Waals surface area contributed by atoms with Gasteiger partial charge in [-0.05, 0) is 38.5 Å². The average molecular weight is 247 g/mol. The number of hydrogen-bond donors (Lipinski definition) is 0. The number of unbranched alkanes of at least 4 members (excludes halogenated alkanes) is 1. The molecule has 0 atom stereocenters. The van der Waals surface area contributed by atoms with E-state index in [4.69, 9.17) is 0 Å². The summed E-state index contributed by atoms with van der Waals surface area (Å²) in [6, 6.07) is 0. The Kier molecular flexibility index (Phi) is 8.95. The van der Waals surface area contributed by atoms with Crippen LogP contribution in [0.5, 0.6) is 0 Å². The fourth-order valence-electron chi connectivity index (χ4n) is 1.32.